The molecule has 1 heterocycles. The lowest BCUT2D eigenvalue weighted by Crippen LogP contribution is -2.38. The molecule has 0 unspecified atom stereocenters. The normalized spacial score (nSPS) is 16.4. The number of hydrogen-bond donors (Lipinski definition) is 2. The van der Waals surface area contributed by atoms with E-state index in [1.807, 2.05) is 6.92 Å². The lowest BCUT2D eigenvalue weighted by Gasteiger charge is -2.16. The molecule has 0 saturated heterocycles. The van der Waals surface area contributed by atoms with Gasteiger partial charge in [-0.05, 0) is 26.7 Å². The zero-order chi connectivity index (χ0) is 16.5. The Balaban J connectivity index is 0.00000288. The predicted molar refractivity (Wildman–Crippen MR) is 113 cm³/mol. The van der Waals surface area contributed by atoms with E-state index in [0.29, 0.717) is 12.6 Å². The van der Waals surface area contributed by atoms with Crippen LogP contribution in [-0.2, 0) is 11.3 Å². The van der Waals surface area contributed by atoms with Crippen LogP contribution in [-0.4, -0.2) is 37.2 Å². The third-order valence-corrected chi connectivity index (χ3v) is 5.33. The zero-order valence-corrected chi connectivity index (χ0v) is 18.2. The van der Waals surface area contributed by atoms with Crippen molar-refractivity contribution >= 4 is 41.3 Å². The van der Waals surface area contributed by atoms with Crippen molar-refractivity contribution in [1.82, 2.24) is 15.6 Å². The van der Waals surface area contributed by atoms with Crippen LogP contribution in [0.1, 0.15) is 54.1 Å². The minimum atomic E-state index is 0. The van der Waals surface area contributed by atoms with Crippen LogP contribution in [0.3, 0.4) is 0 Å². The van der Waals surface area contributed by atoms with Crippen LogP contribution in [0.25, 0.3) is 0 Å². The fourth-order valence-corrected chi connectivity index (χ4v) is 3.67. The number of ether oxygens (including phenoxy) is 1. The first-order valence-electron chi connectivity index (χ1n) is 8.68. The summed E-state index contributed by atoms with van der Waals surface area (Å²) in [6.45, 7) is 6.39. The van der Waals surface area contributed by atoms with Gasteiger partial charge >= 0.3 is 0 Å². The summed E-state index contributed by atoms with van der Waals surface area (Å²) >= 11 is 1.73. The topological polar surface area (TPSA) is 58.5 Å². The number of thiazole rings is 1. The van der Waals surface area contributed by atoms with Crippen molar-refractivity contribution in [1.29, 1.82) is 0 Å². The van der Waals surface area contributed by atoms with Crippen molar-refractivity contribution in [2.24, 2.45) is 4.99 Å². The molecule has 1 aliphatic carbocycles. The van der Waals surface area contributed by atoms with Gasteiger partial charge in [0, 0.05) is 18.5 Å². The number of hydrogen-bond acceptors (Lipinski definition) is 4. The largest absolute Gasteiger partial charge is 0.376 e. The Morgan fingerprint density at radius 1 is 1.21 bits per heavy atom. The van der Waals surface area contributed by atoms with Gasteiger partial charge in [-0.1, -0.05) is 25.7 Å². The van der Waals surface area contributed by atoms with E-state index >= 15 is 0 Å². The van der Waals surface area contributed by atoms with E-state index in [1.165, 1.54) is 43.4 Å². The van der Waals surface area contributed by atoms with Gasteiger partial charge in [0.2, 0.25) is 0 Å². The first-order chi connectivity index (χ1) is 11.2. The summed E-state index contributed by atoms with van der Waals surface area (Å²) in [5.41, 5.74) is 1.12. The maximum atomic E-state index is 5.98. The molecular weight excluding hydrogens is 435 g/mol. The second-order valence-corrected chi connectivity index (χ2v) is 7.37. The molecule has 0 radical (unpaired) electrons. The summed E-state index contributed by atoms with van der Waals surface area (Å²) in [7, 11) is 1.79. The average molecular weight is 466 g/mol. The van der Waals surface area contributed by atoms with Gasteiger partial charge in [-0.25, -0.2) is 4.98 Å². The van der Waals surface area contributed by atoms with E-state index in [9.17, 15) is 0 Å². The Morgan fingerprint density at radius 2 is 1.92 bits per heavy atom. The fraction of sp³-hybridized carbons (Fsp3) is 0.765. The van der Waals surface area contributed by atoms with Gasteiger partial charge in [0.05, 0.1) is 24.9 Å². The second kappa shape index (κ2) is 12.0. The maximum Gasteiger partial charge on any atom is 0.191 e. The molecule has 1 saturated carbocycles. The SMILES string of the molecule is CN=C(NCCOC1CCCCCC1)NCc1nc(C)c(C)s1.I. The van der Waals surface area contributed by atoms with Crippen molar-refractivity contribution in [2.45, 2.75) is 65.0 Å². The van der Waals surface area contributed by atoms with Crippen LogP contribution >= 0.6 is 35.3 Å². The molecule has 0 atom stereocenters. The molecule has 0 spiro atoms. The minimum absolute atomic E-state index is 0. The van der Waals surface area contributed by atoms with Crippen molar-refractivity contribution in [2.75, 3.05) is 20.2 Å². The minimum Gasteiger partial charge on any atom is -0.376 e. The lowest BCUT2D eigenvalue weighted by atomic mass is 10.1. The molecular formula is C17H31IN4OS. The van der Waals surface area contributed by atoms with Crippen LogP contribution in [0.2, 0.25) is 0 Å². The number of aliphatic imine (C=N–C) groups is 1. The molecule has 5 nitrogen and oxygen atoms in total. The number of rotatable bonds is 6. The Kier molecular flexibility index (Phi) is 10.8. The Bertz CT molecular complexity index is 479. The van der Waals surface area contributed by atoms with Crippen LogP contribution in [0.15, 0.2) is 4.99 Å². The highest BCUT2D eigenvalue weighted by Crippen LogP contribution is 2.19. The quantitative estimate of drug-likeness (QED) is 0.220. The number of aryl methyl sites for hydroxylation is 2. The number of guanidine groups is 1. The molecule has 1 aromatic heterocycles. The average Bonchev–Trinajstić information content (AvgIpc) is 2.75. The molecule has 138 valence electrons. The van der Waals surface area contributed by atoms with Crippen molar-refractivity contribution in [3.63, 3.8) is 0 Å². The third kappa shape index (κ3) is 7.65. The van der Waals surface area contributed by atoms with E-state index in [-0.39, 0.29) is 24.0 Å². The molecule has 0 bridgehead atoms. The molecule has 24 heavy (non-hydrogen) atoms. The zero-order valence-electron chi connectivity index (χ0n) is 15.1. The van der Waals surface area contributed by atoms with E-state index in [2.05, 4.69) is 27.5 Å². The Labute approximate surface area is 167 Å². The van der Waals surface area contributed by atoms with Crippen LogP contribution in [0.4, 0.5) is 0 Å². The van der Waals surface area contributed by atoms with E-state index < -0.39 is 0 Å². The molecule has 1 aliphatic rings. The van der Waals surface area contributed by atoms with Crippen LogP contribution in [0.5, 0.6) is 0 Å². The number of nitrogens with one attached hydrogen (secondary N) is 2. The van der Waals surface area contributed by atoms with Crippen molar-refractivity contribution in [3.05, 3.63) is 15.6 Å². The highest BCUT2D eigenvalue weighted by molar-refractivity contribution is 14.0. The summed E-state index contributed by atoms with van der Waals surface area (Å²) in [4.78, 5) is 10.1. The molecule has 7 heteroatoms. The molecule has 2 N–H and O–H groups in total. The summed E-state index contributed by atoms with van der Waals surface area (Å²) in [6, 6.07) is 0. The first kappa shape index (κ1) is 21.6. The van der Waals surface area contributed by atoms with Gasteiger partial charge in [0.1, 0.15) is 5.01 Å². The number of aromatic nitrogens is 1. The highest BCUT2D eigenvalue weighted by atomic mass is 127. The molecule has 2 rings (SSSR count). The van der Waals surface area contributed by atoms with Gasteiger partial charge in [-0.2, -0.15) is 0 Å². The molecule has 1 fully saturated rings. The number of nitrogens with zero attached hydrogens (tertiary/aromatic N) is 2. The molecule has 0 aliphatic heterocycles. The highest BCUT2D eigenvalue weighted by Gasteiger charge is 2.12. The molecule has 0 amide bonds. The summed E-state index contributed by atoms with van der Waals surface area (Å²) in [6.07, 6.45) is 8.25. The monoisotopic (exact) mass is 466 g/mol. The summed E-state index contributed by atoms with van der Waals surface area (Å²) in [5.74, 6) is 0.806. The van der Waals surface area contributed by atoms with E-state index in [4.69, 9.17) is 4.74 Å². The standard InChI is InChI=1S/C17H30N4OS.HI/c1-13-14(2)23-16(21-13)12-20-17(18-3)19-10-11-22-15-8-6-4-5-7-9-15;/h15H,4-12H2,1-3H3,(H2,18,19,20);1H. The van der Waals surface area contributed by atoms with Gasteiger partial charge in [0.25, 0.3) is 0 Å². The Hall–Kier alpha value is -0.410. The molecule has 1 aromatic rings. The van der Waals surface area contributed by atoms with E-state index in [1.54, 1.807) is 18.4 Å². The van der Waals surface area contributed by atoms with Gasteiger partial charge < -0.3 is 15.4 Å². The Morgan fingerprint density at radius 3 is 2.50 bits per heavy atom. The maximum absolute atomic E-state index is 5.98. The predicted octanol–water partition coefficient (Wildman–Crippen LogP) is 3.78. The van der Waals surface area contributed by atoms with Crippen molar-refractivity contribution < 1.29 is 4.74 Å². The van der Waals surface area contributed by atoms with Gasteiger partial charge in [0.15, 0.2) is 5.96 Å². The fourth-order valence-electron chi connectivity index (χ4n) is 2.80. The van der Waals surface area contributed by atoms with Gasteiger partial charge in [-0.15, -0.1) is 35.3 Å². The lowest BCUT2D eigenvalue weighted by molar-refractivity contribution is 0.0468. The third-order valence-electron chi connectivity index (χ3n) is 4.25. The summed E-state index contributed by atoms with van der Waals surface area (Å²) < 4.78 is 5.98. The second-order valence-electron chi connectivity index (χ2n) is 6.09. The number of halogens is 1. The van der Waals surface area contributed by atoms with E-state index in [0.717, 1.165) is 29.8 Å². The van der Waals surface area contributed by atoms with Crippen molar-refractivity contribution in [3.8, 4) is 0 Å². The van der Waals surface area contributed by atoms with Crippen LogP contribution in [0, 0.1) is 13.8 Å². The van der Waals surface area contributed by atoms with Crippen LogP contribution < -0.4 is 10.6 Å². The smallest absolute Gasteiger partial charge is 0.191 e. The molecule has 0 aromatic carbocycles. The van der Waals surface area contributed by atoms with Gasteiger partial charge in [-0.3, -0.25) is 4.99 Å². The first-order valence-corrected chi connectivity index (χ1v) is 9.49. The summed E-state index contributed by atoms with van der Waals surface area (Å²) in [5, 5.41) is 7.71.